The van der Waals surface area contributed by atoms with Crippen LogP contribution in [0.4, 0.5) is 11.6 Å². The Bertz CT molecular complexity index is 778. The number of hydrogen-bond donors (Lipinski definition) is 1. The molecule has 0 fully saturated rings. The molecule has 2 aromatic heterocycles. The summed E-state index contributed by atoms with van der Waals surface area (Å²) in [5.41, 5.74) is 8.63. The molecule has 0 saturated heterocycles. The summed E-state index contributed by atoms with van der Waals surface area (Å²) in [5, 5.41) is 0.965. The zero-order valence-corrected chi connectivity index (χ0v) is 12.8. The van der Waals surface area contributed by atoms with E-state index in [2.05, 4.69) is 49.0 Å². The Morgan fingerprint density at radius 1 is 1.25 bits per heavy atom. The van der Waals surface area contributed by atoms with Crippen molar-refractivity contribution in [2.75, 3.05) is 24.7 Å². The highest BCUT2D eigenvalue weighted by Gasteiger charge is 2.08. The highest BCUT2D eigenvalue weighted by Crippen LogP contribution is 2.28. The van der Waals surface area contributed by atoms with Gasteiger partial charge in [-0.2, -0.15) is 4.98 Å². The lowest BCUT2D eigenvalue weighted by atomic mass is 10.2. The van der Waals surface area contributed by atoms with Crippen molar-refractivity contribution in [3.05, 3.63) is 41.1 Å². The SMILES string of the molecule is CN(C)c1ccc(-n2ccc3cnc(N)nc32)cc1Br. The van der Waals surface area contributed by atoms with E-state index in [4.69, 9.17) is 5.73 Å². The van der Waals surface area contributed by atoms with Crippen LogP contribution in [0.25, 0.3) is 16.7 Å². The van der Waals surface area contributed by atoms with Gasteiger partial charge in [-0.1, -0.05) is 0 Å². The van der Waals surface area contributed by atoms with Gasteiger partial charge in [0.2, 0.25) is 5.95 Å². The lowest BCUT2D eigenvalue weighted by molar-refractivity contribution is 1.07. The number of halogens is 1. The lowest BCUT2D eigenvalue weighted by Crippen LogP contribution is -2.09. The van der Waals surface area contributed by atoms with Gasteiger partial charge in [0.05, 0.1) is 5.69 Å². The summed E-state index contributed by atoms with van der Waals surface area (Å²) in [5.74, 6) is 0.279. The number of hydrogen-bond acceptors (Lipinski definition) is 4. The molecule has 0 aliphatic carbocycles. The number of nitrogens with zero attached hydrogens (tertiary/aromatic N) is 4. The van der Waals surface area contributed by atoms with E-state index < -0.39 is 0 Å². The maximum atomic E-state index is 5.67. The average molecular weight is 332 g/mol. The second-order valence-corrected chi connectivity index (χ2v) is 5.58. The fraction of sp³-hybridized carbons (Fsp3) is 0.143. The van der Waals surface area contributed by atoms with Crippen molar-refractivity contribution < 1.29 is 0 Å². The molecule has 0 amide bonds. The van der Waals surface area contributed by atoms with E-state index in [1.807, 2.05) is 30.9 Å². The van der Waals surface area contributed by atoms with Gasteiger partial charge in [0.15, 0.2) is 0 Å². The molecule has 0 saturated carbocycles. The number of nitrogens with two attached hydrogens (primary N) is 1. The zero-order valence-electron chi connectivity index (χ0n) is 11.2. The van der Waals surface area contributed by atoms with Gasteiger partial charge < -0.3 is 15.2 Å². The Kier molecular flexibility index (Phi) is 3.10. The van der Waals surface area contributed by atoms with Crippen LogP contribution in [0.2, 0.25) is 0 Å². The van der Waals surface area contributed by atoms with E-state index in [1.165, 1.54) is 0 Å². The smallest absolute Gasteiger partial charge is 0.221 e. The Hall–Kier alpha value is -2.08. The number of nitrogen functional groups attached to an aromatic ring is 1. The molecule has 5 nitrogen and oxygen atoms in total. The normalized spacial score (nSPS) is 10.9. The molecule has 6 heteroatoms. The summed E-state index contributed by atoms with van der Waals surface area (Å²) in [6, 6.07) is 8.16. The largest absolute Gasteiger partial charge is 0.377 e. The summed E-state index contributed by atoms with van der Waals surface area (Å²) >= 11 is 3.60. The third kappa shape index (κ3) is 2.12. The van der Waals surface area contributed by atoms with Crippen LogP contribution in [-0.4, -0.2) is 28.6 Å². The van der Waals surface area contributed by atoms with Gasteiger partial charge in [-0.05, 0) is 40.2 Å². The van der Waals surface area contributed by atoms with Crippen molar-refractivity contribution in [3.8, 4) is 5.69 Å². The molecule has 3 aromatic rings. The number of benzene rings is 1. The van der Waals surface area contributed by atoms with Crippen LogP contribution >= 0.6 is 15.9 Å². The first-order valence-electron chi connectivity index (χ1n) is 6.13. The summed E-state index contributed by atoms with van der Waals surface area (Å²) in [7, 11) is 4.03. The molecule has 2 N–H and O–H groups in total. The Balaban J connectivity index is 2.16. The summed E-state index contributed by atoms with van der Waals surface area (Å²) in [4.78, 5) is 10.4. The number of aromatic nitrogens is 3. The maximum Gasteiger partial charge on any atom is 0.221 e. The predicted molar refractivity (Wildman–Crippen MR) is 85.3 cm³/mol. The van der Waals surface area contributed by atoms with Crippen LogP contribution in [0.3, 0.4) is 0 Å². The molecule has 0 radical (unpaired) electrons. The van der Waals surface area contributed by atoms with Gasteiger partial charge >= 0.3 is 0 Å². The quantitative estimate of drug-likeness (QED) is 0.784. The van der Waals surface area contributed by atoms with Crippen molar-refractivity contribution in [2.45, 2.75) is 0 Å². The number of fused-ring (bicyclic) bond motifs is 1. The molecule has 0 aliphatic heterocycles. The Morgan fingerprint density at radius 2 is 2.05 bits per heavy atom. The van der Waals surface area contributed by atoms with Gasteiger partial charge in [0.25, 0.3) is 0 Å². The first-order valence-corrected chi connectivity index (χ1v) is 6.92. The fourth-order valence-electron chi connectivity index (χ4n) is 2.15. The molecule has 0 aliphatic rings. The second kappa shape index (κ2) is 4.79. The maximum absolute atomic E-state index is 5.67. The Morgan fingerprint density at radius 3 is 2.75 bits per heavy atom. The molecule has 0 atom stereocenters. The van der Waals surface area contributed by atoms with Crippen molar-refractivity contribution in [3.63, 3.8) is 0 Å². The molecule has 3 rings (SSSR count). The molecule has 1 aromatic carbocycles. The van der Waals surface area contributed by atoms with Crippen LogP contribution in [0.1, 0.15) is 0 Å². The molecule has 2 heterocycles. The van der Waals surface area contributed by atoms with Crippen molar-refractivity contribution in [2.24, 2.45) is 0 Å². The molecule has 102 valence electrons. The minimum Gasteiger partial charge on any atom is -0.377 e. The fourth-order valence-corrected chi connectivity index (χ4v) is 2.87. The van der Waals surface area contributed by atoms with E-state index >= 15 is 0 Å². The van der Waals surface area contributed by atoms with Gasteiger partial charge in [-0.15, -0.1) is 0 Å². The van der Waals surface area contributed by atoms with Crippen LogP contribution < -0.4 is 10.6 Å². The van der Waals surface area contributed by atoms with Gasteiger partial charge in [-0.3, -0.25) is 0 Å². The molecule has 0 unspecified atom stereocenters. The van der Waals surface area contributed by atoms with Crippen molar-refractivity contribution in [1.29, 1.82) is 0 Å². The minimum atomic E-state index is 0.279. The van der Waals surface area contributed by atoms with Gasteiger partial charge in [0, 0.05) is 42.0 Å². The first-order chi connectivity index (χ1) is 9.56. The second-order valence-electron chi connectivity index (χ2n) is 4.72. The molecular formula is C14H14BrN5. The third-order valence-corrected chi connectivity index (χ3v) is 3.77. The minimum absolute atomic E-state index is 0.279. The molecular weight excluding hydrogens is 318 g/mol. The van der Waals surface area contributed by atoms with Crippen LogP contribution in [0, 0.1) is 0 Å². The van der Waals surface area contributed by atoms with Gasteiger partial charge in [-0.25, -0.2) is 4.98 Å². The van der Waals surface area contributed by atoms with Crippen molar-refractivity contribution >= 4 is 38.6 Å². The number of anilines is 2. The van der Waals surface area contributed by atoms with Crippen LogP contribution in [0.15, 0.2) is 41.1 Å². The Labute approximate surface area is 125 Å². The van der Waals surface area contributed by atoms with Crippen molar-refractivity contribution in [1.82, 2.24) is 14.5 Å². The van der Waals surface area contributed by atoms with Gasteiger partial charge in [0.1, 0.15) is 5.65 Å². The zero-order chi connectivity index (χ0) is 14.3. The molecule has 20 heavy (non-hydrogen) atoms. The highest BCUT2D eigenvalue weighted by molar-refractivity contribution is 9.10. The standard InChI is InChI=1S/C14H14BrN5/c1-19(2)12-4-3-10(7-11(12)15)20-6-5-9-8-17-14(16)18-13(9)20/h3-8H,1-2H3,(H2,16,17,18). The molecule has 0 spiro atoms. The highest BCUT2D eigenvalue weighted by atomic mass is 79.9. The van der Waals surface area contributed by atoms with E-state index in [0.717, 1.165) is 26.9 Å². The predicted octanol–water partition coefficient (Wildman–Crippen LogP) is 2.83. The van der Waals surface area contributed by atoms with Crippen LogP contribution in [0.5, 0.6) is 0 Å². The average Bonchev–Trinajstić information content (AvgIpc) is 2.81. The first kappa shape index (κ1) is 12.9. The monoisotopic (exact) mass is 331 g/mol. The summed E-state index contributed by atoms with van der Waals surface area (Å²) < 4.78 is 3.03. The number of rotatable bonds is 2. The van der Waals surface area contributed by atoms with E-state index in [-0.39, 0.29) is 5.95 Å². The van der Waals surface area contributed by atoms with Crippen LogP contribution in [-0.2, 0) is 0 Å². The van der Waals surface area contributed by atoms with E-state index in [1.54, 1.807) is 6.20 Å². The summed E-state index contributed by atoms with van der Waals surface area (Å²) in [6.45, 7) is 0. The topological polar surface area (TPSA) is 60.0 Å². The third-order valence-electron chi connectivity index (χ3n) is 3.14. The molecule has 0 bridgehead atoms. The lowest BCUT2D eigenvalue weighted by Gasteiger charge is -2.16. The van der Waals surface area contributed by atoms with E-state index in [9.17, 15) is 0 Å². The summed E-state index contributed by atoms with van der Waals surface area (Å²) in [6.07, 6.45) is 3.70. The van der Waals surface area contributed by atoms with E-state index in [0.29, 0.717) is 0 Å².